The topological polar surface area (TPSA) is 27.1 Å². The van der Waals surface area contributed by atoms with Crippen LogP contribution >= 0.6 is 0 Å². The first-order chi connectivity index (χ1) is 7.04. The van der Waals surface area contributed by atoms with Crippen LogP contribution in [-0.2, 0) is 0 Å². The van der Waals surface area contributed by atoms with E-state index in [1.165, 1.54) is 25.7 Å². The lowest BCUT2D eigenvalue weighted by molar-refractivity contribution is 0.133. The third-order valence-electron chi connectivity index (χ3n) is 4.21. The van der Waals surface area contributed by atoms with Crippen molar-refractivity contribution >= 4 is 5.84 Å². The zero-order valence-electron chi connectivity index (χ0n) is 10.8. The van der Waals surface area contributed by atoms with Crippen LogP contribution in [-0.4, -0.2) is 23.8 Å². The number of nitrogens with zero attached hydrogens (tertiary/aromatic N) is 1. The summed E-state index contributed by atoms with van der Waals surface area (Å²) >= 11 is 0. The fourth-order valence-corrected chi connectivity index (χ4v) is 2.54. The van der Waals surface area contributed by atoms with Gasteiger partial charge in [0.25, 0.3) is 0 Å². The third-order valence-corrected chi connectivity index (χ3v) is 4.21. The van der Waals surface area contributed by atoms with E-state index in [9.17, 15) is 0 Å². The zero-order chi connectivity index (χ0) is 11.5. The van der Waals surface area contributed by atoms with Crippen LogP contribution in [0.15, 0.2) is 0 Å². The second-order valence-corrected chi connectivity index (χ2v) is 5.23. The van der Waals surface area contributed by atoms with Crippen LogP contribution in [0.2, 0.25) is 0 Å². The minimum Gasteiger partial charge on any atom is -0.360 e. The monoisotopic (exact) mass is 210 g/mol. The third kappa shape index (κ3) is 2.73. The van der Waals surface area contributed by atoms with E-state index in [1.54, 1.807) is 0 Å². The lowest BCUT2D eigenvalue weighted by Gasteiger charge is -2.42. The molecule has 1 saturated heterocycles. The van der Waals surface area contributed by atoms with E-state index >= 15 is 0 Å². The lowest BCUT2D eigenvalue weighted by Crippen LogP contribution is -2.44. The molecule has 2 nitrogen and oxygen atoms in total. The van der Waals surface area contributed by atoms with Gasteiger partial charge in [0.15, 0.2) is 0 Å². The summed E-state index contributed by atoms with van der Waals surface area (Å²) in [5.74, 6) is 1.21. The number of nitrogens with one attached hydrogen (secondary N) is 1. The van der Waals surface area contributed by atoms with E-state index < -0.39 is 0 Å². The highest BCUT2D eigenvalue weighted by atomic mass is 15.2. The van der Waals surface area contributed by atoms with Crippen LogP contribution in [0.5, 0.6) is 0 Å². The molecule has 0 aromatic heterocycles. The van der Waals surface area contributed by atoms with Crippen LogP contribution in [0.25, 0.3) is 0 Å². The SMILES string of the molecule is CCC1(CC)CCN(C(=N)C(C)C)CC1. The van der Waals surface area contributed by atoms with Crippen molar-refractivity contribution in [1.82, 2.24) is 4.90 Å². The highest BCUT2D eigenvalue weighted by Gasteiger charge is 2.32. The van der Waals surface area contributed by atoms with Gasteiger partial charge in [-0.15, -0.1) is 0 Å². The van der Waals surface area contributed by atoms with Gasteiger partial charge in [0.2, 0.25) is 0 Å². The molecule has 0 saturated carbocycles. The molecule has 1 aliphatic rings. The molecule has 0 aromatic carbocycles. The first-order valence-electron chi connectivity index (χ1n) is 6.38. The van der Waals surface area contributed by atoms with Crippen molar-refractivity contribution in [2.45, 2.75) is 53.4 Å². The Kier molecular flexibility index (Phi) is 4.18. The Hall–Kier alpha value is -0.530. The summed E-state index contributed by atoms with van der Waals surface area (Å²) in [6, 6.07) is 0. The Bertz CT molecular complexity index is 207. The van der Waals surface area contributed by atoms with E-state index in [1.807, 2.05) is 0 Å². The predicted octanol–water partition coefficient (Wildman–Crippen LogP) is 3.52. The number of likely N-dealkylation sites (tertiary alicyclic amines) is 1. The van der Waals surface area contributed by atoms with Crippen molar-refractivity contribution in [3.8, 4) is 0 Å². The van der Waals surface area contributed by atoms with Crippen molar-refractivity contribution < 1.29 is 0 Å². The summed E-state index contributed by atoms with van der Waals surface area (Å²) in [7, 11) is 0. The van der Waals surface area contributed by atoms with Crippen LogP contribution in [0.3, 0.4) is 0 Å². The Morgan fingerprint density at radius 1 is 1.20 bits per heavy atom. The molecule has 1 heterocycles. The maximum atomic E-state index is 8.01. The largest absolute Gasteiger partial charge is 0.360 e. The molecule has 0 spiro atoms. The first kappa shape index (κ1) is 12.5. The van der Waals surface area contributed by atoms with Gasteiger partial charge in [-0.2, -0.15) is 0 Å². The molecular formula is C13H26N2. The average molecular weight is 210 g/mol. The normalized spacial score (nSPS) is 20.7. The molecule has 0 radical (unpaired) electrons. The van der Waals surface area contributed by atoms with E-state index in [0.717, 1.165) is 18.9 Å². The summed E-state index contributed by atoms with van der Waals surface area (Å²) in [5.41, 5.74) is 0.577. The molecule has 88 valence electrons. The van der Waals surface area contributed by atoms with E-state index in [-0.39, 0.29) is 0 Å². The Labute approximate surface area is 94.6 Å². The van der Waals surface area contributed by atoms with Gasteiger partial charge in [-0.25, -0.2) is 0 Å². The zero-order valence-corrected chi connectivity index (χ0v) is 10.8. The molecule has 1 fully saturated rings. The molecule has 0 bridgehead atoms. The van der Waals surface area contributed by atoms with Gasteiger partial charge in [0.05, 0.1) is 5.84 Å². The van der Waals surface area contributed by atoms with Gasteiger partial charge in [0.1, 0.15) is 0 Å². The van der Waals surface area contributed by atoms with Gasteiger partial charge in [-0.1, -0.05) is 40.5 Å². The maximum absolute atomic E-state index is 8.01. The predicted molar refractivity (Wildman–Crippen MR) is 66.4 cm³/mol. The van der Waals surface area contributed by atoms with Gasteiger partial charge < -0.3 is 4.90 Å². The van der Waals surface area contributed by atoms with Gasteiger partial charge in [-0.3, -0.25) is 5.41 Å². The van der Waals surface area contributed by atoms with Crippen LogP contribution in [0.4, 0.5) is 0 Å². The maximum Gasteiger partial charge on any atom is 0.0983 e. The molecule has 0 atom stereocenters. The molecule has 1 N–H and O–H groups in total. The number of rotatable bonds is 3. The number of hydrogen-bond acceptors (Lipinski definition) is 1. The highest BCUT2D eigenvalue weighted by molar-refractivity contribution is 5.81. The highest BCUT2D eigenvalue weighted by Crippen LogP contribution is 2.38. The molecular weight excluding hydrogens is 184 g/mol. The molecule has 0 amide bonds. The molecule has 0 aromatic rings. The van der Waals surface area contributed by atoms with Gasteiger partial charge in [-0.05, 0) is 18.3 Å². The Morgan fingerprint density at radius 3 is 2.00 bits per heavy atom. The molecule has 15 heavy (non-hydrogen) atoms. The summed E-state index contributed by atoms with van der Waals surface area (Å²) in [4.78, 5) is 2.27. The Balaban J connectivity index is 2.52. The standard InChI is InChI=1S/C13H26N2/c1-5-13(6-2)7-9-15(10-8-13)12(14)11(3)4/h11,14H,5-10H2,1-4H3. The second-order valence-electron chi connectivity index (χ2n) is 5.23. The van der Waals surface area contributed by atoms with E-state index in [4.69, 9.17) is 5.41 Å². The van der Waals surface area contributed by atoms with Crippen LogP contribution < -0.4 is 0 Å². The molecule has 0 aliphatic carbocycles. The van der Waals surface area contributed by atoms with Gasteiger partial charge in [0, 0.05) is 19.0 Å². The smallest absolute Gasteiger partial charge is 0.0983 e. The quantitative estimate of drug-likeness (QED) is 0.560. The van der Waals surface area contributed by atoms with Crippen molar-refractivity contribution in [2.24, 2.45) is 11.3 Å². The van der Waals surface area contributed by atoms with E-state index in [2.05, 4.69) is 32.6 Å². The fourth-order valence-electron chi connectivity index (χ4n) is 2.54. The number of amidine groups is 1. The molecule has 1 rings (SSSR count). The molecule has 1 aliphatic heterocycles. The Morgan fingerprint density at radius 2 is 1.67 bits per heavy atom. The van der Waals surface area contributed by atoms with Crippen LogP contribution in [0, 0.1) is 16.7 Å². The average Bonchev–Trinajstić information content (AvgIpc) is 2.28. The van der Waals surface area contributed by atoms with E-state index in [0.29, 0.717) is 11.3 Å². The van der Waals surface area contributed by atoms with Crippen molar-refractivity contribution in [3.63, 3.8) is 0 Å². The molecule has 0 unspecified atom stereocenters. The van der Waals surface area contributed by atoms with Gasteiger partial charge >= 0.3 is 0 Å². The fraction of sp³-hybridized carbons (Fsp3) is 0.923. The van der Waals surface area contributed by atoms with Crippen molar-refractivity contribution in [2.75, 3.05) is 13.1 Å². The number of piperidine rings is 1. The first-order valence-corrected chi connectivity index (χ1v) is 6.38. The van der Waals surface area contributed by atoms with Crippen molar-refractivity contribution in [3.05, 3.63) is 0 Å². The van der Waals surface area contributed by atoms with Crippen molar-refractivity contribution in [1.29, 1.82) is 5.41 Å². The summed E-state index contributed by atoms with van der Waals surface area (Å²) < 4.78 is 0. The minimum absolute atomic E-state index is 0.376. The summed E-state index contributed by atoms with van der Waals surface area (Å²) in [5, 5.41) is 8.01. The lowest BCUT2D eigenvalue weighted by atomic mass is 9.74. The number of hydrogen-bond donors (Lipinski definition) is 1. The minimum atomic E-state index is 0.376. The second kappa shape index (κ2) is 5.00. The molecule has 2 heteroatoms. The summed E-state index contributed by atoms with van der Waals surface area (Å²) in [6.07, 6.45) is 5.14. The summed E-state index contributed by atoms with van der Waals surface area (Å²) in [6.45, 7) is 11.0. The van der Waals surface area contributed by atoms with Crippen LogP contribution in [0.1, 0.15) is 53.4 Å².